The largest absolute Gasteiger partial charge is 0.282 e. The normalized spacial score (nSPS) is 15.5. The highest BCUT2D eigenvalue weighted by Crippen LogP contribution is 2.32. The first kappa shape index (κ1) is 22.3. The van der Waals surface area contributed by atoms with Crippen LogP contribution in [0.15, 0.2) is 34.3 Å². The molecule has 1 aliphatic rings. The molecule has 0 atom stereocenters. The van der Waals surface area contributed by atoms with Gasteiger partial charge in [0.15, 0.2) is 0 Å². The molecule has 0 amide bonds. The molecule has 0 aromatic carbocycles. The van der Waals surface area contributed by atoms with Crippen LogP contribution in [0.25, 0.3) is 11.4 Å². The third kappa shape index (κ3) is 5.03. The molecule has 0 fully saturated rings. The number of aliphatic imine (C=N–C) groups is 2. The fourth-order valence-corrected chi connectivity index (χ4v) is 3.76. The van der Waals surface area contributed by atoms with E-state index >= 15 is 0 Å². The van der Waals surface area contributed by atoms with Crippen LogP contribution in [0.3, 0.4) is 0 Å². The Morgan fingerprint density at radius 2 is 1.03 bits per heavy atom. The van der Waals surface area contributed by atoms with Crippen molar-refractivity contribution in [1.82, 2.24) is 9.97 Å². The summed E-state index contributed by atoms with van der Waals surface area (Å²) in [6.45, 7) is 10.4. The van der Waals surface area contributed by atoms with Gasteiger partial charge >= 0.3 is 0 Å². The SMILES string of the molecule is CCCCc1ccc2c(n1)-c1nc(CCCC)ccc1C(=NCCC)C2=NCCC. The molecule has 2 aromatic rings. The lowest BCUT2D eigenvalue weighted by atomic mass is 9.88. The summed E-state index contributed by atoms with van der Waals surface area (Å²) in [4.78, 5) is 20.1. The van der Waals surface area contributed by atoms with Crippen molar-refractivity contribution in [2.75, 3.05) is 13.1 Å². The molecule has 0 saturated carbocycles. The van der Waals surface area contributed by atoms with Gasteiger partial charge < -0.3 is 0 Å². The molecular weight excluding hydrogens is 368 g/mol. The van der Waals surface area contributed by atoms with Crippen LogP contribution in [-0.4, -0.2) is 34.5 Å². The highest BCUT2D eigenvalue weighted by atomic mass is 14.9. The first-order valence-electron chi connectivity index (χ1n) is 11.8. The molecule has 1 aliphatic carbocycles. The number of pyridine rings is 2. The van der Waals surface area contributed by atoms with Gasteiger partial charge in [0.2, 0.25) is 0 Å². The standard InChI is InChI=1S/C26H36N4/c1-5-9-11-19-13-15-21-23(27-17-7-3)24(28-18-8-4)22-16-14-20(12-10-6-2)30-26(22)25(21)29-19/h13-16H,5-12,17-18H2,1-4H3. The zero-order chi connectivity index (χ0) is 21.3. The van der Waals surface area contributed by atoms with Gasteiger partial charge in [-0.2, -0.15) is 0 Å². The minimum atomic E-state index is 0.800. The van der Waals surface area contributed by atoms with Crippen molar-refractivity contribution in [3.05, 3.63) is 46.8 Å². The van der Waals surface area contributed by atoms with Crippen LogP contribution in [0.1, 0.15) is 88.7 Å². The Bertz CT molecular complexity index is 836. The molecule has 0 spiro atoms. The lowest BCUT2D eigenvalue weighted by molar-refractivity contribution is 0.773. The average Bonchev–Trinajstić information content (AvgIpc) is 2.78. The third-order valence-corrected chi connectivity index (χ3v) is 5.42. The smallest absolute Gasteiger partial charge is 0.0991 e. The van der Waals surface area contributed by atoms with Gasteiger partial charge in [-0.15, -0.1) is 0 Å². The van der Waals surface area contributed by atoms with E-state index in [1.807, 2.05) is 0 Å². The van der Waals surface area contributed by atoms with Crippen LogP contribution < -0.4 is 0 Å². The molecule has 0 bridgehead atoms. The lowest BCUT2D eigenvalue weighted by Gasteiger charge is -2.23. The fraction of sp³-hybridized carbons (Fsp3) is 0.538. The third-order valence-electron chi connectivity index (χ3n) is 5.42. The summed E-state index contributed by atoms with van der Waals surface area (Å²) in [7, 11) is 0. The Hall–Kier alpha value is -2.36. The van der Waals surface area contributed by atoms with Crippen LogP contribution in [0.4, 0.5) is 0 Å². The Morgan fingerprint density at radius 1 is 0.600 bits per heavy atom. The number of rotatable bonds is 10. The molecule has 2 heterocycles. The van der Waals surface area contributed by atoms with E-state index in [1.54, 1.807) is 0 Å². The summed E-state index contributed by atoms with van der Waals surface area (Å²) < 4.78 is 0. The van der Waals surface area contributed by atoms with Crippen molar-refractivity contribution in [3.8, 4) is 11.4 Å². The maximum absolute atomic E-state index is 5.09. The van der Waals surface area contributed by atoms with Crippen LogP contribution in [0.2, 0.25) is 0 Å². The van der Waals surface area contributed by atoms with E-state index in [-0.39, 0.29) is 0 Å². The first-order valence-corrected chi connectivity index (χ1v) is 11.8. The molecule has 2 aromatic heterocycles. The Kier molecular flexibility index (Phi) is 8.30. The summed E-state index contributed by atoms with van der Waals surface area (Å²) in [5, 5.41) is 0. The van der Waals surface area contributed by atoms with Gasteiger partial charge in [0.25, 0.3) is 0 Å². The van der Waals surface area contributed by atoms with E-state index < -0.39 is 0 Å². The van der Waals surface area contributed by atoms with Crippen molar-refractivity contribution >= 4 is 11.4 Å². The predicted molar refractivity (Wildman–Crippen MR) is 128 cm³/mol. The van der Waals surface area contributed by atoms with E-state index in [0.717, 1.165) is 96.9 Å². The molecule has 0 N–H and O–H groups in total. The number of nitrogens with zero attached hydrogens (tertiary/aromatic N) is 4. The molecule has 4 nitrogen and oxygen atoms in total. The lowest BCUT2D eigenvalue weighted by Crippen LogP contribution is -2.26. The number of aryl methyl sites for hydroxylation is 2. The zero-order valence-electron chi connectivity index (χ0n) is 19.2. The monoisotopic (exact) mass is 404 g/mol. The second kappa shape index (κ2) is 11.1. The molecule has 0 saturated heterocycles. The molecule has 0 unspecified atom stereocenters. The van der Waals surface area contributed by atoms with Crippen LogP contribution in [0.5, 0.6) is 0 Å². The maximum atomic E-state index is 5.09. The van der Waals surface area contributed by atoms with Gasteiger partial charge in [0.1, 0.15) is 0 Å². The summed E-state index contributed by atoms with van der Waals surface area (Å²) >= 11 is 0. The van der Waals surface area contributed by atoms with Gasteiger partial charge in [-0.25, -0.2) is 0 Å². The Labute approximate surface area is 182 Å². The molecule has 0 aliphatic heterocycles. The molecular formula is C26H36N4. The van der Waals surface area contributed by atoms with Crippen LogP contribution >= 0.6 is 0 Å². The number of aromatic nitrogens is 2. The van der Waals surface area contributed by atoms with E-state index in [9.17, 15) is 0 Å². The summed E-state index contributed by atoms with van der Waals surface area (Å²) in [6.07, 6.45) is 8.70. The summed E-state index contributed by atoms with van der Waals surface area (Å²) in [6, 6.07) is 8.73. The molecule has 3 rings (SSSR count). The predicted octanol–water partition coefficient (Wildman–Crippen LogP) is 6.24. The van der Waals surface area contributed by atoms with Gasteiger partial charge in [-0.3, -0.25) is 20.0 Å². The second-order valence-electron chi connectivity index (χ2n) is 8.07. The Balaban J connectivity index is 2.18. The highest BCUT2D eigenvalue weighted by molar-refractivity contribution is 6.56. The van der Waals surface area contributed by atoms with Crippen molar-refractivity contribution in [2.24, 2.45) is 9.98 Å². The number of hydrogen-bond acceptors (Lipinski definition) is 4. The van der Waals surface area contributed by atoms with Crippen molar-refractivity contribution in [3.63, 3.8) is 0 Å². The first-order chi connectivity index (χ1) is 14.7. The minimum Gasteiger partial charge on any atom is -0.282 e. The second-order valence-corrected chi connectivity index (χ2v) is 8.07. The number of fused-ring (bicyclic) bond motifs is 3. The minimum absolute atomic E-state index is 0.800. The van der Waals surface area contributed by atoms with Crippen LogP contribution in [-0.2, 0) is 12.8 Å². The van der Waals surface area contributed by atoms with Crippen molar-refractivity contribution < 1.29 is 0 Å². The van der Waals surface area contributed by atoms with E-state index in [0.29, 0.717) is 0 Å². The van der Waals surface area contributed by atoms with Crippen molar-refractivity contribution in [2.45, 2.75) is 79.1 Å². The molecule has 4 heteroatoms. The number of unbranched alkanes of at least 4 members (excludes halogenated alkanes) is 2. The van der Waals surface area contributed by atoms with Gasteiger partial charge in [-0.1, -0.05) is 40.5 Å². The number of hydrogen-bond donors (Lipinski definition) is 0. The van der Waals surface area contributed by atoms with Gasteiger partial charge in [0, 0.05) is 35.6 Å². The Morgan fingerprint density at radius 3 is 1.40 bits per heavy atom. The highest BCUT2D eigenvalue weighted by Gasteiger charge is 2.29. The van der Waals surface area contributed by atoms with Gasteiger partial charge in [0.05, 0.1) is 22.8 Å². The quantitative estimate of drug-likeness (QED) is 0.470. The van der Waals surface area contributed by atoms with E-state index in [2.05, 4.69) is 52.0 Å². The average molecular weight is 405 g/mol. The summed E-state index contributed by atoms with van der Waals surface area (Å²) in [5.41, 5.74) is 8.43. The van der Waals surface area contributed by atoms with E-state index in [4.69, 9.17) is 20.0 Å². The molecule has 30 heavy (non-hydrogen) atoms. The maximum Gasteiger partial charge on any atom is 0.0991 e. The zero-order valence-corrected chi connectivity index (χ0v) is 19.2. The van der Waals surface area contributed by atoms with Crippen molar-refractivity contribution in [1.29, 1.82) is 0 Å². The van der Waals surface area contributed by atoms with Gasteiger partial charge in [-0.05, 0) is 62.8 Å². The molecule has 160 valence electrons. The van der Waals surface area contributed by atoms with Crippen LogP contribution in [0, 0.1) is 0 Å². The fourth-order valence-electron chi connectivity index (χ4n) is 3.76. The summed E-state index contributed by atoms with van der Waals surface area (Å²) in [5.74, 6) is 0. The molecule has 0 radical (unpaired) electrons. The van der Waals surface area contributed by atoms with E-state index in [1.165, 1.54) is 12.8 Å². The topological polar surface area (TPSA) is 50.5 Å².